The van der Waals surface area contributed by atoms with Gasteiger partial charge in [0.05, 0.1) is 7.11 Å². The standard InChI is InChI=1S/C20H19ClN2O3/c1-25-19-14-16(4-8-18(19)26-13-11-22)5-9-20(24)23-12-10-15-2-6-17(21)7-3-15/h2-9,14H,10,12-13H2,1H3,(H,23,24)/b9-5+. The van der Waals surface area contributed by atoms with Crippen molar-refractivity contribution in [2.45, 2.75) is 6.42 Å². The van der Waals surface area contributed by atoms with Gasteiger partial charge in [0, 0.05) is 17.6 Å². The predicted octanol–water partition coefficient (Wildman–Crippen LogP) is 3.62. The number of halogens is 1. The number of nitriles is 1. The van der Waals surface area contributed by atoms with E-state index in [-0.39, 0.29) is 12.5 Å². The van der Waals surface area contributed by atoms with Crippen LogP contribution in [0, 0.1) is 11.3 Å². The molecule has 0 saturated carbocycles. The van der Waals surface area contributed by atoms with Crippen molar-refractivity contribution in [3.8, 4) is 17.6 Å². The van der Waals surface area contributed by atoms with Crippen LogP contribution in [-0.2, 0) is 11.2 Å². The molecule has 0 fully saturated rings. The number of methoxy groups -OCH3 is 1. The Bertz CT molecular complexity index is 811. The number of benzene rings is 2. The first-order valence-corrected chi connectivity index (χ1v) is 8.38. The second-order valence-electron chi connectivity index (χ2n) is 5.36. The number of hydrogen-bond acceptors (Lipinski definition) is 4. The van der Waals surface area contributed by atoms with E-state index >= 15 is 0 Å². The summed E-state index contributed by atoms with van der Waals surface area (Å²) in [6.07, 6.45) is 3.89. The van der Waals surface area contributed by atoms with Crippen molar-refractivity contribution < 1.29 is 14.3 Å². The zero-order valence-corrected chi connectivity index (χ0v) is 15.1. The first-order valence-electron chi connectivity index (χ1n) is 8.00. The highest BCUT2D eigenvalue weighted by Crippen LogP contribution is 2.28. The quantitative estimate of drug-likeness (QED) is 0.720. The van der Waals surface area contributed by atoms with Crippen molar-refractivity contribution in [2.75, 3.05) is 20.3 Å². The zero-order valence-electron chi connectivity index (χ0n) is 14.4. The SMILES string of the molecule is COc1cc(/C=C/C(=O)NCCc2ccc(Cl)cc2)ccc1OCC#N. The van der Waals surface area contributed by atoms with Gasteiger partial charge in [-0.2, -0.15) is 5.26 Å². The van der Waals surface area contributed by atoms with Crippen LogP contribution in [0.15, 0.2) is 48.5 Å². The maximum atomic E-state index is 11.9. The molecule has 0 aliphatic rings. The van der Waals surface area contributed by atoms with Crippen molar-refractivity contribution in [3.63, 3.8) is 0 Å². The molecule has 2 aromatic rings. The largest absolute Gasteiger partial charge is 0.493 e. The summed E-state index contributed by atoms with van der Waals surface area (Å²) < 4.78 is 10.5. The molecule has 0 radical (unpaired) electrons. The van der Waals surface area contributed by atoms with Crippen molar-refractivity contribution in [1.29, 1.82) is 5.26 Å². The number of ether oxygens (including phenoxy) is 2. The third kappa shape index (κ3) is 6.15. The molecule has 1 N–H and O–H groups in total. The first kappa shape index (κ1) is 19.4. The fraction of sp³-hybridized carbons (Fsp3) is 0.200. The van der Waals surface area contributed by atoms with Crippen molar-refractivity contribution in [2.24, 2.45) is 0 Å². The highest BCUT2D eigenvalue weighted by atomic mass is 35.5. The van der Waals surface area contributed by atoms with Crippen LogP contribution < -0.4 is 14.8 Å². The number of carbonyl (C=O) groups excluding carboxylic acids is 1. The van der Waals surface area contributed by atoms with Crippen LogP contribution >= 0.6 is 11.6 Å². The molecule has 0 aliphatic carbocycles. The summed E-state index contributed by atoms with van der Waals surface area (Å²) in [6.45, 7) is 0.483. The molecule has 0 aromatic heterocycles. The van der Waals surface area contributed by atoms with Gasteiger partial charge in [0.2, 0.25) is 5.91 Å². The normalized spacial score (nSPS) is 10.3. The Morgan fingerprint density at radius 1 is 1.23 bits per heavy atom. The van der Waals surface area contributed by atoms with Crippen LogP contribution in [0.2, 0.25) is 5.02 Å². The molecule has 26 heavy (non-hydrogen) atoms. The Balaban J connectivity index is 1.86. The van der Waals surface area contributed by atoms with Gasteiger partial charge in [-0.25, -0.2) is 0 Å². The van der Waals surface area contributed by atoms with E-state index in [2.05, 4.69) is 5.32 Å². The fourth-order valence-electron chi connectivity index (χ4n) is 2.23. The van der Waals surface area contributed by atoms with E-state index in [9.17, 15) is 4.79 Å². The second kappa shape index (κ2) is 10.1. The average Bonchev–Trinajstić information content (AvgIpc) is 2.66. The maximum Gasteiger partial charge on any atom is 0.244 e. The third-order valence-electron chi connectivity index (χ3n) is 3.53. The van der Waals surface area contributed by atoms with Gasteiger partial charge in [0.25, 0.3) is 0 Å². The molecular weight excluding hydrogens is 352 g/mol. The predicted molar refractivity (Wildman–Crippen MR) is 101 cm³/mol. The smallest absolute Gasteiger partial charge is 0.244 e. The summed E-state index contributed by atoms with van der Waals surface area (Å²) in [7, 11) is 1.52. The van der Waals surface area contributed by atoms with Crippen LogP contribution in [0.3, 0.4) is 0 Å². The Kier molecular flexibility index (Phi) is 7.53. The lowest BCUT2D eigenvalue weighted by molar-refractivity contribution is -0.116. The van der Waals surface area contributed by atoms with Gasteiger partial charge >= 0.3 is 0 Å². The summed E-state index contributed by atoms with van der Waals surface area (Å²) in [5, 5.41) is 12.1. The summed E-state index contributed by atoms with van der Waals surface area (Å²) in [6, 6.07) is 14.7. The molecular formula is C20H19ClN2O3. The molecule has 0 aliphatic heterocycles. The monoisotopic (exact) mass is 370 g/mol. The van der Waals surface area contributed by atoms with Crippen molar-refractivity contribution in [1.82, 2.24) is 5.32 Å². The van der Waals surface area contributed by atoms with E-state index in [4.69, 9.17) is 26.3 Å². The van der Waals surface area contributed by atoms with Crippen LogP contribution in [-0.4, -0.2) is 26.2 Å². The number of nitrogens with one attached hydrogen (secondary N) is 1. The minimum Gasteiger partial charge on any atom is -0.493 e. The summed E-state index contributed by atoms with van der Waals surface area (Å²) in [4.78, 5) is 11.9. The van der Waals surface area contributed by atoms with Crippen LogP contribution in [0.5, 0.6) is 11.5 Å². The van der Waals surface area contributed by atoms with Gasteiger partial charge in [-0.05, 0) is 47.9 Å². The summed E-state index contributed by atoms with van der Waals surface area (Å²) in [5.41, 5.74) is 1.90. The second-order valence-corrected chi connectivity index (χ2v) is 5.79. The fourth-order valence-corrected chi connectivity index (χ4v) is 2.36. The topological polar surface area (TPSA) is 71.3 Å². The van der Waals surface area contributed by atoms with E-state index in [0.717, 1.165) is 17.5 Å². The lowest BCUT2D eigenvalue weighted by Gasteiger charge is -2.08. The molecule has 0 bridgehead atoms. The van der Waals surface area contributed by atoms with Gasteiger partial charge < -0.3 is 14.8 Å². The average molecular weight is 371 g/mol. The minimum atomic E-state index is -0.178. The highest BCUT2D eigenvalue weighted by molar-refractivity contribution is 6.30. The molecule has 6 heteroatoms. The third-order valence-corrected chi connectivity index (χ3v) is 3.79. The van der Waals surface area contributed by atoms with E-state index in [1.807, 2.05) is 30.3 Å². The highest BCUT2D eigenvalue weighted by Gasteiger charge is 2.05. The molecule has 134 valence electrons. The molecule has 1 amide bonds. The van der Waals surface area contributed by atoms with Gasteiger partial charge in [-0.3, -0.25) is 4.79 Å². The Morgan fingerprint density at radius 2 is 2.00 bits per heavy atom. The maximum absolute atomic E-state index is 11.9. The number of rotatable bonds is 8. The molecule has 0 unspecified atom stereocenters. The number of carbonyl (C=O) groups is 1. The Morgan fingerprint density at radius 3 is 2.69 bits per heavy atom. The summed E-state index contributed by atoms with van der Waals surface area (Å²) in [5.74, 6) is 0.812. The van der Waals surface area contributed by atoms with E-state index in [0.29, 0.717) is 23.1 Å². The molecule has 0 spiro atoms. The minimum absolute atomic E-state index is 0.0540. The van der Waals surface area contributed by atoms with Crippen LogP contribution in [0.25, 0.3) is 6.08 Å². The zero-order chi connectivity index (χ0) is 18.8. The lowest BCUT2D eigenvalue weighted by Crippen LogP contribution is -2.23. The van der Waals surface area contributed by atoms with Crippen molar-refractivity contribution >= 4 is 23.6 Å². The molecule has 2 aromatic carbocycles. The van der Waals surface area contributed by atoms with Crippen LogP contribution in [0.4, 0.5) is 0 Å². The van der Waals surface area contributed by atoms with E-state index in [1.165, 1.54) is 13.2 Å². The number of nitrogens with zero attached hydrogens (tertiary/aromatic N) is 1. The van der Waals surface area contributed by atoms with E-state index < -0.39 is 0 Å². The van der Waals surface area contributed by atoms with Gasteiger partial charge in [0.1, 0.15) is 6.07 Å². The Hall–Kier alpha value is -2.97. The van der Waals surface area contributed by atoms with Gasteiger partial charge in [-0.1, -0.05) is 29.8 Å². The van der Waals surface area contributed by atoms with Gasteiger partial charge in [0.15, 0.2) is 18.1 Å². The van der Waals surface area contributed by atoms with Crippen molar-refractivity contribution in [3.05, 3.63) is 64.7 Å². The molecule has 0 atom stereocenters. The molecule has 0 heterocycles. The Labute approximate surface area is 157 Å². The molecule has 2 rings (SSSR count). The first-order chi connectivity index (χ1) is 12.6. The molecule has 0 saturated heterocycles. The van der Waals surface area contributed by atoms with Crippen LogP contribution in [0.1, 0.15) is 11.1 Å². The number of amides is 1. The lowest BCUT2D eigenvalue weighted by atomic mass is 10.1. The van der Waals surface area contributed by atoms with Gasteiger partial charge in [-0.15, -0.1) is 0 Å². The van der Waals surface area contributed by atoms with E-state index in [1.54, 1.807) is 24.3 Å². The molecule has 5 nitrogen and oxygen atoms in total. The summed E-state index contributed by atoms with van der Waals surface area (Å²) >= 11 is 5.84. The number of hydrogen-bond donors (Lipinski definition) is 1.